The molecule has 0 saturated carbocycles. The van der Waals surface area contributed by atoms with Gasteiger partial charge < -0.3 is 9.84 Å². The van der Waals surface area contributed by atoms with Gasteiger partial charge in [0.15, 0.2) is 0 Å². The van der Waals surface area contributed by atoms with Gasteiger partial charge in [0.25, 0.3) is 0 Å². The van der Waals surface area contributed by atoms with E-state index in [2.05, 4.69) is 0 Å². The number of ether oxygens (including phenoxy) is 1. The fraction of sp³-hybridized carbons (Fsp3) is 0.750. The smallest absolute Gasteiger partial charge is 0.0785 e. The fourth-order valence-electron chi connectivity index (χ4n) is 0.726. The second kappa shape index (κ2) is 5.45. The summed E-state index contributed by atoms with van der Waals surface area (Å²) in [5.41, 5.74) is 0. The molecule has 2 heteroatoms. The number of hydrogen-bond acceptors (Lipinski definition) is 2. The van der Waals surface area contributed by atoms with Crippen LogP contribution in [0.4, 0.5) is 0 Å². The SMILES string of the molecule is C/C=C/C(C)OC(C)CO. The first-order valence-corrected chi connectivity index (χ1v) is 3.59. The highest BCUT2D eigenvalue weighted by molar-refractivity contribution is 4.84. The van der Waals surface area contributed by atoms with Crippen molar-refractivity contribution in [2.75, 3.05) is 6.61 Å². The Bertz CT molecular complexity index is 99.4. The van der Waals surface area contributed by atoms with Gasteiger partial charge in [-0.3, -0.25) is 0 Å². The molecule has 1 N–H and O–H groups in total. The maximum atomic E-state index is 8.60. The van der Waals surface area contributed by atoms with E-state index in [0.717, 1.165) is 0 Å². The predicted molar refractivity (Wildman–Crippen MR) is 41.9 cm³/mol. The van der Waals surface area contributed by atoms with E-state index in [0.29, 0.717) is 0 Å². The molecule has 10 heavy (non-hydrogen) atoms. The maximum Gasteiger partial charge on any atom is 0.0785 e. The Morgan fingerprint density at radius 1 is 1.50 bits per heavy atom. The molecule has 0 aromatic rings. The molecule has 2 atom stereocenters. The molecule has 0 heterocycles. The van der Waals surface area contributed by atoms with Crippen molar-refractivity contribution in [1.29, 1.82) is 0 Å². The highest BCUT2D eigenvalue weighted by Gasteiger charge is 2.02. The van der Waals surface area contributed by atoms with E-state index >= 15 is 0 Å². The van der Waals surface area contributed by atoms with Crippen LogP contribution >= 0.6 is 0 Å². The van der Waals surface area contributed by atoms with Gasteiger partial charge in [-0.15, -0.1) is 0 Å². The summed E-state index contributed by atoms with van der Waals surface area (Å²) in [6.45, 7) is 5.83. The van der Waals surface area contributed by atoms with Crippen LogP contribution in [0, 0.1) is 0 Å². The number of aliphatic hydroxyl groups excluding tert-OH is 1. The van der Waals surface area contributed by atoms with Crippen LogP contribution in [0.15, 0.2) is 12.2 Å². The van der Waals surface area contributed by atoms with Gasteiger partial charge >= 0.3 is 0 Å². The second-order valence-electron chi connectivity index (χ2n) is 2.36. The molecule has 0 saturated heterocycles. The first-order valence-electron chi connectivity index (χ1n) is 3.59. The molecule has 2 unspecified atom stereocenters. The van der Waals surface area contributed by atoms with Crippen molar-refractivity contribution >= 4 is 0 Å². The van der Waals surface area contributed by atoms with Crippen molar-refractivity contribution in [2.24, 2.45) is 0 Å². The molecule has 0 radical (unpaired) electrons. The third-order valence-corrected chi connectivity index (χ3v) is 1.17. The van der Waals surface area contributed by atoms with Gasteiger partial charge in [0, 0.05) is 0 Å². The molecule has 0 aliphatic rings. The second-order valence-corrected chi connectivity index (χ2v) is 2.36. The zero-order valence-electron chi connectivity index (χ0n) is 6.87. The van der Waals surface area contributed by atoms with Crippen molar-refractivity contribution in [2.45, 2.75) is 33.0 Å². The Labute approximate surface area is 62.5 Å². The van der Waals surface area contributed by atoms with Crippen LogP contribution in [0.5, 0.6) is 0 Å². The van der Waals surface area contributed by atoms with E-state index in [9.17, 15) is 0 Å². The summed E-state index contributed by atoms with van der Waals surface area (Å²) in [7, 11) is 0. The lowest BCUT2D eigenvalue weighted by Crippen LogP contribution is -2.18. The molecule has 0 aliphatic heterocycles. The fourth-order valence-corrected chi connectivity index (χ4v) is 0.726. The molecule has 0 aromatic carbocycles. The molecular weight excluding hydrogens is 128 g/mol. The summed E-state index contributed by atoms with van der Waals surface area (Å²) >= 11 is 0. The monoisotopic (exact) mass is 144 g/mol. The van der Waals surface area contributed by atoms with Gasteiger partial charge in [0.2, 0.25) is 0 Å². The topological polar surface area (TPSA) is 29.5 Å². The minimum atomic E-state index is -0.0637. The number of allylic oxidation sites excluding steroid dienone is 1. The van der Waals surface area contributed by atoms with E-state index in [1.165, 1.54) is 0 Å². The number of aliphatic hydroxyl groups is 1. The zero-order valence-corrected chi connectivity index (χ0v) is 6.87. The summed E-state index contributed by atoms with van der Waals surface area (Å²) < 4.78 is 5.30. The maximum absolute atomic E-state index is 8.60. The van der Waals surface area contributed by atoms with Crippen LogP contribution in [-0.2, 0) is 4.74 Å². The molecule has 0 rings (SSSR count). The Kier molecular flexibility index (Phi) is 5.26. The van der Waals surface area contributed by atoms with E-state index in [-0.39, 0.29) is 18.8 Å². The van der Waals surface area contributed by atoms with Crippen molar-refractivity contribution < 1.29 is 9.84 Å². The van der Waals surface area contributed by atoms with E-state index in [1.54, 1.807) is 0 Å². The van der Waals surface area contributed by atoms with E-state index in [1.807, 2.05) is 32.9 Å². The van der Waals surface area contributed by atoms with E-state index < -0.39 is 0 Å². The Morgan fingerprint density at radius 2 is 2.10 bits per heavy atom. The zero-order chi connectivity index (χ0) is 7.98. The van der Waals surface area contributed by atoms with Crippen LogP contribution in [0.2, 0.25) is 0 Å². The molecule has 0 amide bonds. The van der Waals surface area contributed by atoms with Crippen molar-refractivity contribution in [3.63, 3.8) is 0 Å². The average molecular weight is 144 g/mol. The molecule has 60 valence electrons. The van der Waals surface area contributed by atoms with Gasteiger partial charge in [0.05, 0.1) is 18.8 Å². The van der Waals surface area contributed by atoms with Crippen LogP contribution < -0.4 is 0 Å². The van der Waals surface area contributed by atoms with Gasteiger partial charge in [0.1, 0.15) is 0 Å². The summed E-state index contributed by atoms with van der Waals surface area (Å²) in [4.78, 5) is 0. The lowest BCUT2D eigenvalue weighted by atomic mass is 10.3. The van der Waals surface area contributed by atoms with Crippen LogP contribution in [0.3, 0.4) is 0 Å². The third-order valence-electron chi connectivity index (χ3n) is 1.17. The normalized spacial score (nSPS) is 17.6. The number of hydrogen-bond donors (Lipinski definition) is 1. The molecule has 0 bridgehead atoms. The largest absolute Gasteiger partial charge is 0.394 e. The highest BCUT2D eigenvalue weighted by Crippen LogP contribution is 1.97. The van der Waals surface area contributed by atoms with Crippen molar-refractivity contribution in [3.05, 3.63) is 12.2 Å². The molecule has 0 fully saturated rings. The molecule has 0 aliphatic carbocycles. The minimum Gasteiger partial charge on any atom is -0.394 e. The van der Waals surface area contributed by atoms with Crippen LogP contribution in [0.1, 0.15) is 20.8 Å². The van der Waals surface area contributed by atoms with E-state index in [4.69, 9.17) is 9.84 Å². The quantitative estimate of drug-likeness (QED) is 0.603. The summed E-state index contributed by atoms with van der Waals surface area (Å²) in [6.07, 6.45) is 3.93. The molecular formula is C8H16O2. The first-order chi connectivity index (χ1) is 4.70. The number of rotatable bonds is 4. The highest BCUT2D eigenvalue weighted by atomic mass is 16.5. The van der Waals surface area contributed by atoms with Crippen molar-refractivity contribution in [1.82, 2.24) is 0 Å². The Balaban J connectivity index is 3.46. The molecule has 0 spiro atoms. The van der Waals surface area contributed by atoms with Gasteiger partial charge in [-0.1, -0.05) is 12.2 Å². The molecule has 0 aromatic heterocycles. The summed E-state index contributed by atoms with van der Waals surface area (Å²) in [5, 5.41) is 8.60. The summed E-state index contributed by atoms with van der Waals surface area (Å²) in [5.74, 6) is 0. The van der Waals surface area contributed by atoms with Crippen LogP contribution in [-0.4, -0.2) is 23.9 Å². The lowest BCUT2D eigenvalue weighted by Gasteiger charge is -2.13. The predicted octanol–water partition coefficient (Wildman–Crippen LogP) is 1.35. The van der Waals surface area contributed by atoms with Crippen LogP contribution in [0.25, 0.3) is 0 Å². The standard InChI is InChI=1S/C8H16O2/c1-4-5-7(2)10-8(3)6-9/h4-5,7-9H,6H2,1-3H3/b5-4+. The minimum absolute atomic E-state index is 0.0637. The van der Waals surface area contributed by atoms with Gasteiger partial charge in [-0.2, -0.15) is 0 Å². The first kappa shape index (κ1) is 9.66. The average Bonchev–Trinajstić information content (AvgIpc) is 1.88. The third kappa shape index (κ3) is 4.53. The van der Waals surface area contributed by atoms with Crippen molar-refractivity contribution in [3.8, 4) is 0 Å². The Morgan fingerprint density at radius 3 is 2.50 bits per heavy atom. The lowest BCUT2D eigenvalue weighted by molar-refractivity contribution is 0.000114. The van der Waals surface area contributed by atoms with Gasteiger partial charge in [-0.05, 0) is 20.8 Å². The van der Waals surface area contributed by atoms with Gasteiger partial charge in [-0.25, -0.2) is 0 Å². The molecule has 2 nitrogen and oxygen atoms in total. The Hall–Kier alpha value is -0.340. The summed E-state index contributed by atoms with van der Waals surface area (Å²) in [6, 6.07) is 0.